The fourth-order valence-electron chi connectivity index (χ4n) is 3.74. The number of rotatable bonds is 5. The third kappa shape index (κ3) is 3.21. The highest BCUT2D eigenvalue weighted by Crippen LogP contribution is 2.28. The molecule has 0 saturated heterocycles. The first-order valence-electron chi connectivity index (χ1n) is 8.83. The summed E-state index contributed by atoms with van der Waals surface area (Å²) in [6.45, 7) is 0.883. The fourth-order valence-corrected chi connectivity index (χ4v) is 3.74. The van der Waals surface area contributed by atoms with E-state index in [1.54, 1.807) is 11.1 Å². The smallest absolute Gasteiger partial charge is 0.0422 e. The van der Waals surface area contributed by atoms with Crippen LogP contribution in [0.25, 0.3) is 10.8 Å². The van der Waals surface area contributed by atoms with Crippen molar-refractivity contribution in [3.05, 3.63) is 90.0 Å². The predicted octanol–water partition coefficient (Wildman–Crippen LogP) is 5.61. The summed E-state index contributed by atoms with van der Waals surface area (Å²) in [5.41, 5.74) is 4.31. The van der Waals surface area contributed by atoms with Crippen LogP contribution in [0.3, 0.4) is 0 Å². The molecule has 0 saturated carbocycles. The maximum atomic E-state index is 3.54. The van der Waals surface area contributed by atoms with Gasteiger partial charge in [0.1, 0.15) is 0 Å². The Hall–Kier alpha value is -2.54. The van der Waals surface area contributed by atoms with Crippen molar-refractivity contribution in [3.8, 4) is 0 Å². The van der Waals surface area contributed by atoms with Gasteiger partial charge in [-0.3, -0.25) is 0 Å². The molecule has 3 aromatic rings. The van der Waals surface area contributed by atoms with Crippen LogP contribution in [0.15, 0.2) is 78.9 Å². The van der Waals surface area contributed by atoms with Gasteiger partial charge in [0.05, 0.1) is 0 Å². The number of fused-ring (bicyclic) bond motifs is 2. The van der Waals surface area contributed by atoms with E-state index >= 15 is 0 Å². The van der Waals surface area contributed by atoms with Crippen LogP contribution in [-0.4, -0.2) is 6.54 Å². The lowest BCUT2D eigenvalue weighted by molar-refractivity contribution is 0.571. The predicted molar refractivity (Wildman–Crippen MR) is 104 cm³/mol. The summed E-state index contributed by atoms with van der Waals surface area (Å²) in [5.74, 6) is 0.774. The first-order valence-corrected chi connectivity index (χ1v) is 8.83. The largest absolute Gasteiger partial charge is 0.381 e. The standard InChI is InChI=1S/C23H23N/c1-2-11-21-17-18(16-20(21)10-1)8-5-6-15-24-23-14-7-12-19-9-3-4-13-22(19)23/h1-7,9-14,18,24H,8,15-17H2/b6-5-. The quantitative estimate of drug-likeness (QED) is 0.603. The molecule has 24 heavy (non-hydrogen) atoms. The lowest BCUT2D eigenvalue weighted by Gasteiger charge is -2.08. The molecule has 1 aliphatic carbocycles. The molecule has 0 bridgehead atoms. The van der Waals surface area contributed by atoms with Crippen molar-refractivity contribution in [2.45, 2.75) is 19.3 Å². The van der Waals surface area contributed by atoms with E-state index in [0.29, 0.717) is 0 Å². The highest BCUT2D eigenvalue weighted by Gasteiger charge is 2.19. The summed E-state index contributed by atoms with van der Waals surface area (Å²) < 4.78 is 0. The molecule has 1 heteroatoms. The Labute approximate surface area is 144 Å². The number of hydrogen-bond donors (Lipinski definition) is 1. The molecule has 0 aromatic heterocycles. The van der Waals surface area contributed by atoms with E-state index in [1.165, 1.54) is 35.7 Å². The van der Waals surface area contributed by atoms with Gasteiger partial charge in [-0.1, -0.05) is 72.8 Å². The van der Waals surface area contributed by atoms with Crippen molar-refractivity contribution in [1.82, 2.24) is 0 Å². The third-order valence-corrected chi connectivity index (χ3v) is 4.97. The highest BCUT2D eigenvalue weighted by molar-refractivity contribution is 5.93. The average molecular weight is 313 g/mol. The van der Waals surface area contributed by atoms with E-state index < -0.39 is 0 Å². The lowest BCUT2D eigenvalue weighted by atomic mass is 10.0. The minimum Gasteiger partial charge on any atom is -0.381 e. The Kier molecular flexibility index (Phi) is 4.33. The van der Waals surface area contributed by atoms with Gasteiger partial charge in [0.15, 0.2) is 0 Å². The summed E-state index contributed by atoms with van der Waals surface area (Å²) in [5, 5.41) is 6.12. The summed E-state index contributed by atoms with van der Waals surface area (Å²) in [6.07, 6.45) is 8.25. The molecule has 120 valence electrons. The first-order chi connectivity index (χ1) is 11.9. The zero-order valence-electron chi connectivity index (χ0n) is 13.9. The van der Waals surface area contributed by atoms with Crippen LogP contribution in [0.1, 0.15) is 17.5 Å². The second kappa shape index (κ2) is 6.92. The van der Waals surface area contributed by atoms with Crippen LogP contribution in [-0.2, 0) is 12.8 Å². The zero-order valence-corrected chi connectivity index (χ0v) is 13.9. The van der Waals surface area contributed by atoms with Crippen LogP contribution in [0.5, 0.6) is 0 Å². The van der Waals surface area contributed by atoms with Crippen LogP contribution >= 0.6 is 0 Å². The minimum absolute atomic E-state index is 0.774. The van der Waals surface area contributed by atoms with Crippen molar-refractivity contribution in [3.63, 3.8) is 0 Å². The first kappa shape index (κ1) is 15.0. The van der Waals surface area contributed by atoms with E-state index in [1.807, 2.05) is 0 Å². The summed E-state index contributed by atoms with van der Waals surface area (Å²) >= 11 is 0. The highest BCUT2D eigenvalue weighted by atomic mass is 14.9. The van der Waals surface area contributed by atoms with Crippen molar-refractivity contribution in [2.24, 2.45) is 5.92 Å². The summed E-state index contributed by atoms with van der Waals surface area (Å²) in [7, 11) is 0. The van der Waals surface area contributed by atoms with Gasteiger partial charge >= 0.3 is 0 Å². The van der Waals surface area contributed by atoms with Gasteiger partial charge in [-0.15, -0.1) is 0 Å². The van der Waals surface area contributed by atoms with Crippen LogP contribution in [0.2, 0.25) is 0 Å². The number of hydrogen-bond acceptors (Lipinski definition) is 1. The molecule has 3 aromatic carbocycles. The third-order valence-electron chi connectivity index (χ3n) is 4.97. The van der Waals surface area contributed by atoms with Gasteiger partial charge in [-0.25, -0.2) is 0 Å². The molecule has 1 aliphatic rings. The van der Waals surface area contributed by atoms with Crippen molar-refractivity contribution >= 4 is 16.5 Å². The Morgan fingerprint density at radius 3 is 2.33 bits per heavy atom. The van der Waals surface area contributed by atoms with Gasteiger partial charge in [-0.2, -0.15) is 0 Å². The maximum absolute atomic E-state index is 3.54. The van der Waals surface area contributed by atoms with Crippen LogP contribution < -0.4 is 5.32 Å². The van der Waals surface area contributed by atoms with Gasteiger partial charge in [0.25, 0.3) is 0 Å². The van der Waals surface area contributed by atoms with Crippen LogP contribution in [0, 0.1) is 5.92 Å². The van der Waals surface area contributed by atoms with Crippen molar-refractivity contribution in [1.29, 1.82) is 0 Å². The Morgan fingerprint density at radius 2 is 1.50 bits per heavy atom. The second-order valence-corrected chi connectivity index (χ2v) is 6.66. The minimum atomic E-state index is 0.774. The van der Waals surface area contributed by atoms with E-state index in [2.05, 4.69) is 84.2 Å². The number of anilines is 1. The van der Waals surface area contributed by atoms with Crippen molar-refractivity contribution < 1.29 is 0 Å². The molecule has 0 radical (unpaired) electrons. The second-order valence-electron chi connectivity index (χ2n) is 6.66. The van der Waals surface area contributed by atoms with E-state index in [4.69, 9.17) is 0 Å². The van der Waals surface area contributed by atoms with Gasteiger partial charge in [-0.05, 0) is 47.8 Å². The van der Waals surface area contributed by atoms with Crippen LogP contribution in [0.4, 0.5) is 5.69 Å². The van der Waals surface area contributed by atoms with Gasteiger partial charge in [0.2, 0.25) is 0 Å². The molecule has 4 rings (SSSR count). The molecule has 1 nitrogen and oxygen atoms in total. The molecule has 1 N–H and O–H groups in total. The summed E-state index contributed by atoms with van der Waals surface area (Å²) in [4.78, 5) is 0. The van der Waals surface area contributed by atoms with E-state index in [9.17, 15) is 0 Å². The summed E-state index contributed by atoms with van der Waals surface area (Å²) in [6, 6.07) is 23.8. The number of nitrogens with one attached hydrogen (secondary N) is 1. The molecular formula is C23H23N. The molecule has 0 heterocycles. The topological polar surface area (TPSA) is 12.0 Å². The fraction of sp³-hybridized carbons (Fsp3) is 0.217. The molecule has 0 atom stereocenters. The average Bonchev–Trinajstić information content (AvgIpc) is 3.04. The molecule has 0 unspecified atom stereocenters. The normalized spacial score (nSPS) is 14.3. The molecular weight excluding hydrogens is 290 g/mol. The Balaban J connectivity index is 1.31. The SMILES string of the molecule is C(=C/CC1Cc2ccccc2C1)/CNc1cccc2ccccc12. The number of allylic oxidation sites excluding steroid dienone is 1. The number of benzene rings is 3. The zero-order chi connectivity index (χ0) is 16.2. The molecule has 0 spiro atoms. The Morgan fingerprint density at radius 1 is 0.792 bits per heavy atom. The van der Waals surface area contributed by atoms with E-state index in [0.717, 1.165) is 12.5 Å². The molecule has 0 amide bonds. The molecule has 0 aliphatic heterocycles. The Bertz CT molecular complexity index is 832. The monoisotopic (exact) mass is 313 g/mol. The van der Waals surface area contributed by atoms with Crippen molar-refractivity contribution in [2.75, 3.05) is 11.9 Å². The lowest BCUT2D eigenvalue weighted by Crippen LogP contribution is -2.00. The maximum Gasteiger partial charge on any atom is 0.0422 e. The van der Waals surface area contributed by atoms with Gasteiger partial charge in [0, 0.05) is 17.6 Å². The van der Waals surface area contributed by atoms with E-state index in [-0.39, 0.29) is 0 Å². The van der Waals surface area contributed by atoms with Gasteiger partial charge < -0.3 is 5.32 Å². The molecule has 0 fully saturated rings.